The molecule has 1 rings (SSSR count). The van der Waals surface area contributed by atoms with Gasteiger partial charge in [0, 0.05) is 11.6 Å². The molecule has 0 aliphatic carbocycles. The summed E-state index contributed by atoms with van der Waals surface area (Å²) in [6.07, 6.45) is 3.59. The molecule has 0 amide bonds. The van der Waals surface area contributed by atoms with Crippen molar-refractivity contribution in [2.24, 2.45) is 0 Å². The summed E-state index contributed by atoms with van der Waals surface area (Å²) in [5.41, 5.74) is 1.80. The van der Waals surface area contributed by atoms with Crippen molar-refractivity contribution in [3.8, 4) is 0 Å². The van der Waals surface area contributed by atoms with Gasteiger partial charge in [0.2, 0.25) is 0 Å². The van der Waals surface area contributed by atoms with E-state index in [9.17, 15) is 0 Å². The van der Waals surface area contributed by atoms with E-state index in [1.807, 2.05) is 5.38 Å². The van der Waals surface area contributed by atoms with Crippen LogP contribution in [0.4, 0.5) is 0 Å². The van der Waals surface area contributed by atoms with Crippen LogP contribution in [0.1, 0.15) is 0 Å². The molecule has 1 heterocycles. The molecular weight excluding hydrogens is 126 g/mol. The summed E-state index contributed by atoms with van der Waals surface area (Å²) in [4.78, 5) is 3.95. The first-order chi connectivity index (χ1) is 3.43. The van der Waals surface area contributed by atoms with E-state index >= 15 is 0 Å². The van der Waals surface area contributed by atoms with E-state index in [-0.39, 0.29) is 0 Å². The smallest absolute Gasteiger partial charge is 0.107 e. The Morgan fingerprint density at radius 1 is 1.86 bits per heavy atom. The second-order valence-corrected chi connectivity index (χ2v) is 2.40. The minimum atomic E-state index is 1.00. The summed E-state index contributed by atoms with van der Waals surface area (Å²) in [5.74, 6) is 0. The van der Waals surface area contributed by atoms with Crippen LogP contribution in [0.2, 0.25) is 0 Å². The van der Waals surface area contributed by atoms with Gasteiger partial charge in [0.05, 0.1) is 5.51 Å². The van der Waals surface area contributed by atoms with Crippen molar-refractivity contribution in [3.63, 3.8) is 0 Å². The molecule has 0 aliphatic rings. The van der Waals surface area contributed by atoms with Gasteiger partial charge in [-0.15, -0.1) is 23.1 Å². The van der Waals surface area contributed by atoms with Crippen LogP contribution < -0.4 is 0 Å². The molecule has 0 unspecified atom stereocenters. The van der Waals surface area contributed by atoms with Crippen LogP contribution >= 0.6 is 23.1 Å². The summed E-state index contributed by atoms with van der Waals surface area (Å²) in [5, 5.41) is 2.97. The van der Waals surface area contributed by atoms with Crippen LogP contribution in [-0.4, -0.2) is 4.98 Å². The summed E-state index contributed by atoms with van der Waals surface area (Å²) >= 11 is 3.02. The predicted octanol–water partition coefficient (Wildman–Crippen LogP) is 2.03. The molecule has 1 nitrogen and oxygen atoms in total. The Kier molecular flexibility index (Phi) is 1.70. The van der Waals surface area contributed by atoms with Crippen molar-refractivity contribution < 1.29 is 0 Å². The van der Waals surface area contributed by atoms with E-state index in [0.717, 1.165) is 5.03 Å². The van der Waals surface area contributed by atoms with Crippen molar-refractivity contribution in [2.45, 2.75) is 5.03 Å². The van der Waals surface area contributed by atoms with Crippen molar-refractivity contribution in [1.29, 1.82) is 0 Å². The highest BCUT2D eigenvalue weighted by atomic mass is 32.2. The SMILES string of the molecule is [CH2]Sc1cscn1. The third kappa shape index (κ3) is 1.17. The first-order valence-electron chi connectivity index (χ1n) is 1.73. The molecule has 0 atom stereocenters. The molecular formula is C4H4NS2. The highest BCUT2D eigenvalue weighted by molar-refractivity contribution is 8.00. The Balaban J connectivity index is 2.76. The summed E-state index contributed by atoms with van der Waals surface area (Å²) in [6, 6.07) is 0. The zero-order valence-corrected chi connectivity index (χ0v) is 5.26. The first kappa shape index (κ1) is 5.12. The molecule has 0 saturated carbocycles. The number of aromatic nitrogens is 1. The molecule has 1 aromatic rings. The third-order valence-electron chi connectivity index (χ3n) is 0.558. The quantitative estimate of drug-likeness (QED) is 0.539. The lowest BCUT2D eigenvalue weighted by atomic mass is 11.0. The van der Waals surface area contributed by atoms with Gasteiger partial charge in [0.25, 0.3) is 0 Å². The van der Waals surface area contributed by atoms with Crippen LogP contribution in [0.3, 0.4) is 0 Å². The molecule has 37 valence electrons. The molecule has 1 aromatic heterocycles. The average Bonchev–Trinajstić information content (AvgIpc) is 2.14. The molecule has 0 fully saturated rings. The van der Waals surface area contributed by atoms with Gasteiger partial charge in [-0.2, -0.15) is 0 Å². The molecule has 0 aromatic carbocycles. The number of hydrogen-bond acceptors (Lipinski definition) is 3. The number of rotatable bonds is 1. The fourth-order valence-electron chi connectivity index (χ4n) is 0.273. The Hall–Kier alpha value is -0.0200. The Labute approximate surface area is 50.8 Å². The van der Waals surface area contributed by atoms with Crippen molar-refractivity contribution in [1.82, 2.24) is 4.98 Å². The second-order valence-electron chi connectivity index (χ2n) is 0.971. The monoisotopic (exact) mass is 130 g/mol. The lowest BCUT2D eigenvalue weighted by Crippen LogP contribution is -1.58. The number of nitrogens with zero attached hydrogens (tertiary/aromatic N) is 1. The average molecular weight is 130 g/mol. The minimum absolute atomic E-state index is 1.00. The van der Waals surface area contributed by atoms with Gasteiger partial charge in [-0.25, -0.2) is 4.98 Å². The fraction of sp³-hybridized carbons (Fsp3) is 0. The maximum absolute atomic E-state index is 3.95. The van der Waals surface area contributed by atoms with Gasteiger partial charge >= 0.3 is 0 Å². The highest BCUT2D eigenvalue weighted by Gasteiger charge is 1.85. The lowest BCUT2D eigenvalue weighted by molar-refractivity contribution is 1.21. The number of thioether (sulfide) groups is 1. The van der Waals surface area contributed by atoms with Crippen LogP contribution in [0.5, 0.6) is 0 Å². The molecule has 0 aliphatic heterocycles. The molecule has 0 bridgehead atoms. The maximum atomic E-state index is 3.95. The van der Waals surface area contributed by atoms with Crippen molar-refractivity contribution in [2.75, 3.05) is 0 Å². The van der Waals surface area contributed by atoms with Gasteiger partial charge in [0.15, 0.2) is 0 Å². The molecule has 3 heteroatoms. The van der Waals surface area contributed by atoms with Gasteiger partial charge in [0.1, 0.15) is 5.03 Å². The first-order valence-corrected chi connectivity index (χ1v) is 3.66. The van der Waals surface area contributed by atoms with Gasteiger partial charge < -0.3 is 0 Å². The largest absolute Gasteiger partial charge is 0.238 e. The summed E-state index contributed by atoms with van der Waals surface area (Å²) in [7, 11) is 0. The summed E-state index contributed by atoms with van der Waals surface area (Å²) < 4.78 is 0. The number of hydrogen-bond donors (Lipinski definition) is 0. The molecule has 0 N–H and O–H groups in total. The Morgan fingerprint density at radius 3 is 3.00 bits per heavy atom. The van der Waals surface area contributed by atoms with Crippen LogP contribution in [0, 0.1) is 6.26 Å². The molecule has 0 saturated heterocycles. The predicted molar refractivity (Wildman–Crippen MR) is 33.3 cm³/mol. The van der Waals surface area contributed by atoms with Crippen LogP contribution in [0.15, 0.2) is 15.9 Å². The molecule has 0 spiro atoms. The van der Waals surface area contributed by atoms with Crippen LogP contribution in [0.25, 0.3) is 0 Å². The lowest BCUT2D eigenvalue weighted by Gasteiger charge is -1.77. The van der Waals surface area contributed by atoms with Crippen LogP contribution in [-0.2, 0) is 0 Å². The Morgan fingerprint density at radius 2 is 2.71 bits per heavy atom. The standard InChI is InChI=1S/C4H4NS2/c1-6-4-2-7-3-5-4/h2-3H,1H2. The van der Waals surface area contributed by atoms with E-state index in [1.54, 1.807) is 16.8 Å². The normalized spacial score (nSPS) is 9.29. The maximum Gasteiger partial charge on any atom is 0.107 e. The highest BCUT2D eigenvalue weighted by Crippen LogP contribution is 2.13. The Bertz CT molecular complexity index is 124. The van der Waals surface area contributed by atoms with Gasteiger partial charge in [-0.05, 0) is 0 Å². The van der Waals surface area contributed by atoms with E-state index in [2.05, 4.69) is 11.2 Å². The van der Waals surface area contributed by atoms with Crippen molar-refractivity contribution in [3.05, 3.63) is 17.1 Å². The van der Waals surface area contributed by atoms with Gasteiger partial charge in [-0.1, -0.05) is 0 Å². The molecule has 7 heavy (non-hydrogen) atoms. The molecule has 1 radical (unpaired) electrons. The zero-order chi connectivity index (χ0) is 5.11. The van der Waals surface area contributed by atoms with Crippen molar-refractivity contribution >= 4 is 23.1 Å². The van der Waals surface area contributed by atoms with E-state index in [1.165, 1.54) is 11.8 Å². The summed E-state index contributed by atoms with van der Waals surface area (Å²) in [6.45, 7) is 0. The van der Waals surface area contributed by atoms with E-state index in [4.69, 9.17) is 0 Å². The topological polar surface area (TPSA) is 12.9 Å². The minimum Gasteiger partial charge on any atom is -0.238 e. The van der Waals surface area contributed by atoms with Gasteiger partial charge in [-0.3, -0.25) is 0 Å². The third-order valence-corrected chi connectivity index (χ3v) is 1.81. The van der Waals surface area contributed by atoms with E-state index in [0.29, 0.717) is 0 Å². The fourth-order valence-corrected chi connectivity index (χ4v) is 1.32. The number of thiazole rings is 1. The van der Waals surface area contributed by atoms with E-state index < -0.39 is 0 Å². The second kappa shape index (κ2) is 2.33. The zero-order valence-electron chi connectivity index (χ0n) is 3.63.